The molecule has 1 saturated carbocycles. The van der Waals surface area contributed by atoms with Gasteiger partial charge in [-0.15, -0.1) is 0 Å². The van der Waals surface area contributed by atoms with Gasteiger partial charge in [0.25, 0.3) is 0 Å². The number of benzene rings is 1. The summed E-state index contributed by atoms with van der Waals surface area (Å²) in [5.41, 5.74) is 2.21. The molecular weight excluding hydrogens is 306 g/mol. The highest BCUT2D eigenvalue weighted by atomic mass is 32.1. The number of anilines is 1. The topological polar surface area (TPSA) is 37.4 Å². The Hall–Kier alpha value is -2.14. The van der Waals surface area contributed by atoms with Gasteiger partial charge in [0.05, 0.1) is 6.61 Å². The molecule has 1 heterocycles. The van der Waals surface area contributed by atoms with E-state index in [1.165, 1.54) is 18.4 Å². The van der Waals surface area contributed by atoms with E-state index in [0.717, 1.165) is 23.1 Å². The Kier molecular flexibility index (Phi) is 5.08. The third-order valence-electron chi connectivity index (χ3n) is 3.77. The summed E-state index contributed by atoms with van der Waals surface area (Å²) in [5.74, 6) is 0.875. The van der Waals surface area contributed by atoms with Crippen molar-refractivity contribution >= 4 is 23.0 Å². The van der Waals surface area contributed by atoms with E-state index in [1.54, 1.807) is 0 Å². The SMILES string of the molecule is CCOc1ccc(NC(=S)N(Cc2ccncc2)C2CC2)cc1. The highest BCUT2D eigenvalue weighted by Gasteiger charge is 2.30. The first kappa shape index (κ1) is 15.7. The monoisotopic (exact) mass is 327 g/mol. The molecule has 0 saturated heterocycles. The summed E-state index contributed by atoms with van der Waals surface area (Å²) in [4.78, 5) is 6.34. The molecule has 23 heavy (non-hydrogen) atoms. The summed E-state index contributed by atoms with van der Waals surface area (Å²) in [6.45, 7) is 3.47. The van der Waals surface area contributed by atoms with Gasteiger partial charge in [0.1, 0.15) is 5.75 Å². The molecule has 1 aromatic heterocycles. The van der Waals surface area contributed by atoms with Crippen LogP contribution in [0.25, 0.3) is 0 Å². The Balaban J connectivity index is 1.64. The minimum absolute atomic E-state index is 0.547. The average Bonchev–Trinajstić information content (AvgIpc) is 3.40. The number of ether oxygens (including phenoxy) is 1. The number of hydrogen-bond acceptors (Lipinski definition) is 3. The zero-order valence-electron chi connectivity index (χ0n) is 13.2. The predicted octanol–water partition coefficient (Wildman–Crippen LogP) is 3.84. The van der Waals surface area contributed by atoms with Crippen molar-refractivity contribution in [1.29, 1.82) is 0 Å². The second-order valence-electron chi connectivity index (χ2n) is 5.60. The summed E-state index contributed by atoms with van der Waals surface area (Å²) < 4.78 is 5.46. The van der Waals surface area contributed by atoms with Gasteiger partial charge >= 0.3 is 0 Å². The smallest absolute Gasteiger partial charge is 0.173 e. The van der Waals surface area contributed by atoms with Gasteiger partial charge in [-0.05, 0) is 73.9 Å². The van der Waals surface area contributed by atoms with E-state index < -0.39 is 0 Å². The molecule has 0 unspecified atom stereocenters. The zero-order chi connectivity index (χ0) is 16.1. The maximum atomic E-state index is 5.62. The van der Waals surface area contributed by atoms with Crippen LogP contribution < -0.4 is 10.1 Å². The lowest BCUT2D eigenvalue weighted by Gasteiger charge is -2.26. The number of nitrogens with one attached hydrogen (secondary N) is 1. The average molecular weight is 327 g/mol. The van der Waals surface area contributed by atoms with Gasteiger partial charge in [-0.1, -0.05) is 0 Å². The van der Waals surface area contributed by atoms with Crippen LogP contribution in [-0.2, 0) is 6.54 Å². The third kappa shape index (κ3) is 4.42. The van der Waals surface area contributed by atoms with Crippen molar-refractivity contribution in [3.63, 3.8) is 0 Å². The molecule has 0 atom stereocenters. The fourth-order valence-electron chi connectivity index (χ4n) is 2.43. The molecule has 1 fully saturated rings. The summed E-state index contributed by atoms with van der Waals surface area (Å²) >= 11 is 5.62. The van der Waals surface area contributed by atoms with E-state index in [2.05, 4.69) is 15.2 Å². The highest BCUT2D eigenvalue weighted by molar-refractivity contribution is 7.80. The fraction of sp³-hybridized carbons (Fsp3) is 0.333. The van der Waals surface area contributed by atoms with Crippen LogP contribution in [0.5, 0.6) is 5.75 Å². The molecule has 1 aliphatic rings. The minimum atomic E-state index is 0.547. The van der Waals surface area contributed by atoms with Crippen molar-refractivity contribution in [1.82, 2.24) is 9.88 Å². The lowest BCUT2D eigenvalue weighted by molar-refractivity contribution is 0.340. The van der Waals surface area contributed by atoms with Gasteiger partial charge in [-0.25, -0.2) is 0 Å². The maximum Gasteiger partial charge on any atom is 0.173 e. The lowest BCUT2D eigenvalue weighted by Crippen LogP contribution is -2.36. The van der Waals surface area contributed by atoms with Gasteiger partial charge in [0.2, 0.25) is 0 Å². The molecule has 0 amide bonds. The molecule has 4 nitrogen and oxygen atoms in total. The van der Waals surface area contributed by atoms with Gasteiger partial charge in [0, 0.05) is 30.7 Å². The number of aromatic nitrogens is 1. The second kappa shape index (κ2) is 7.42. The molecule has 0 radical (unpaired) electrons. The van der Waals surface area contributed by atoms with Crippen molar-refractivity contribution < 1.29 is 4.74 Å². The first-order valence-corrected chi connectivity index (χ1v) is 8.36. The highest BCUT2D eigenvalue weighted by Crippen LogP contribution is 2.29. The standard InChI is InChI=1S/C18H21N3OS/c1-2-22-17-7-3-15(4-8-17)20-18(23)21(16-5-6-16)13-14-9-11-19-12-10-14/h3-4,7-12,16H,2,5-6,13H2,1H3,(H,20,23). The van der Waals surface area contributed by atoms with Gasteiger partial charge in [0.15, 0.2) is 5.11 Å². The Morgan fingerprint density at radius 3 is 2.52 bits per heavy atom. The van der Waals surface area contributed by atoms with E-state index in [9.17, 15) is 0 Å². The zero-order valence-corrected chi connectivity index (χ0v) is 14.1. The number of pyridine rings is 1. The molecule has 1 aromatic carbocycles. The predicted molar refractivity (Wildman–Crippen MR) is 96.6 cm³/mol. The summed E-state index contributed by atoms with van der Waals surface area (Å²) in [6.07, 6.45) is 6.05. The third-order valence-corrected chi connectivity index (χ3v) is 4.10. The van der Waals surface area contributed by atoms with Crippen LogP contribution in [0.4, 0.5) is 5.69 Å². The molecule has 0 bridgehead atoms. The van der Waals surface area contributed by atoms with E-state index in [1.807, 2.05) is 55.7 Å². The van der Waals surface area contributed by atoms with Crippen LogP contribution >= 0.6 is 12.2 Å². The number of hydrogen-bond donors (Lipinski definition) is 1. The normalized spacial score (nSPS) is 13.4. The van der Waals surface area contributed by atoms with E-state index in [0.29, 0.717) is 12.6 Å². The van der Waals surface area contributed by atoms with Crippen LogP contribution in [0.3, 0.4) is 0 Å². The quantitative estimate of drug-likeness (QED) is 0.816. The summed E-state index contributed by atoms with van der Waals surface area (Å²) in [6, 6.07) is 12.5. The van der Waals surface area contributed by atoms with Crippen LogP contribution in [0.1, 0.15) is 25.3 Å². The largest absolute Gasteiger partial charge is 0.494 e. The molecule has 0 spiro atoms. The number of rotatable bonds is 6. The Labute approximate surface area is 142 Å². The summed E-state index contributed by atoms with van der Waals surface area (Å²) in [7, 11) is 0. The van der Waals surface area contributed by atoms with Gasteiger partial charge in [-0.3, -0.25) is 4.98 Å². The van der Waals surface area contributed by atoms with Crippen molar-refractivity contribution in [2.75, 3.05) is 11.9 Å². The second-order valence-corrected chi connectivity index (χ2v) is 5.99. The Morgan fingerprint density at radius 1 is 1.22 bits per heavy atom. The van der Waals surface area contributed by atoms with Crippen LogP contribution in [0.15, 0.2) is 48.8 Å². The lowest BCUT2D eigenvalue weighted by atomic mass is 10.2. The van der Waals surface area contributed by atoms with Gasteiger partial charge in [-0.2, -0.15) is 0 Å². The Morgan fingerprint density at radius 2 is 1.91 bits per heavy atom. The fourth-order valence-corrected chi connectivity index (χ4v) is 2.77. The number of thiocarbonyl (C=S) groups is 1. The van der Waals surface area contributed by atoms with Gasteiger partial charge < -0.3 is 15.0 Å². The van der Waals surface area contributed by atoms with Crippen molar-refractivity contribution in [2.24, 2.45) is 0 Å². The molecule has 1 N–H and O–H groups in total. The van der Waals surface area contributed by atoms with Crippen LogP contribution in [0, 0.1) is 0 Å². The number of nitrogens with zero attached hydrogens (tertiary/aromatic N) is 2. The minimum Gasteiger partial charge on any atom is -0.494 e. The first-order valence-electron chi connectivity index (χ1n) is 7.95. The molecule has 3 rings (SSSR count). The molecule has 1 aliphatic carbocycles. The molecule has 2 aromatic rings. The van der Waals surface area contributed by atoms with Crippen LogP contribution in [-0.4, -0.2) is 27.6 Å². The first-order chi connectivity index (χ1) is 11.3. The van der Waals surface area contributed by atoms with Crippen molar-refractivity contribution in [3.8, 4) is 5.75 Å². The van der Waals surface area contributed by atoms with E-state index in [4.69, 9.17) is 17.0 Å². The summed E-state index contributed by atoms with van der Waals surface area (Å²) in [5, 5.41) is 4.11. The molecule has 5 heteroatoms. The van der Waals surface area contributed by atoms with Crippen LogP contribution in [0.2, 0.25) is 0 Å². The van der Waals surface area contributed by atoms with Crippen molar-refractivity contribution in [2.45, 2.75) is 32.4 Å². The molecule has 0 aliphatic heterocycles. The van der Waals surface area contributed by atoms with E-state index >= 15 is 0 Å². The van der Waals surface area contributed by atoms with E-state index in [-0.39, 0.29) is 0 Å². The molecular formula is C18H21N3OS. The maximum absolute atomic E-state index is 5.62. The Bertz CT molecular complexity index is 641. The molecule has 120 valence electrons. The van der Waals surface area contributed by atoms with Crippen molar-refractivity contribution in [3.05, 3.63) is 54.4 Å².